The van der Waals surface area contributed by atoms with Crippen LogP contribution < -0.4 is 0 Å². The standard InChI is InChI=1S/C13H18ClF2NO2S2/c1-4-10(8-20-3)17(2)21(18,19)12-6-9(7-14)5-11(15)13(12)16/h5-6,10H,4,7-8H2,1-3H3. The van der Waals surface area contributed by atoms with Crippen LogP contribution in [0.3, 0.4) is 0 Å². The monoisotopic (exact) mass is 357 g/mol. The molecule has 1 aromatic carbocycles. The van der Waals surface area contributed by atoms with E-state index in [0.717, 1.165) is 16.4 Å². The summed E-state index contributed by atoms with van der Waals surface area (Å²) in [7, 11) is -2.73. The molecule has 0 heterocycles. The number of rotatable bonds is 7. The largest absolute Gasteiger partial charge is 0.246 e. The highest BCUT2D eigenvalue weighted by molar-refractivity contribution is 7.98. The van der Waals surface area contributed by atoms with Gasteiger partial charge >= 0.3 is 0 Å². The average molecular weight is 358 g/mol. The Balaban J connectivity index is 3.33. The fraction of sp³-hybridized carbons (Fsp3) is 0.538. The van der Waals surface area contributed by atoms with Gasteiger partial charge in [-0.15, -0.1) is 11.6 Å². The molecule has 0 aliphatic rings. The minimum absolute atomic E-state index is 0.0918. The van der Waals surface area contributed by atoms with Crippen LogP contribution in [0.2, 0.25) is 0 Å². The number of sulfonamides is 1. The van der Waals surface area contributed by atoms with E-state index in [1.807, 2.05) is 13.2 Å². The van der Waals surface area contributed by atoms with Crippen LogP contribution in [0.15, 0.2) is 17.0 Å². The molecular formula is C13H18ClF2NO2S2. The van der Waals surface area contributed by atoms with Gasteiger partial charge < -0.3 is 0 Å². The van der Waals surface area contributed by atoms with Crippen LogP contribution in [0.25, 0.3) is 0 Å². The lowest BCUT2D eigenvalue weighted by molar-refractivity contribution is 0.380. The molecule has 0 N–H and O–H groups in total. The van der Waals surface area contributed by atoms with E-state index < -0.39 is 26.6 Å². The molecule has 0 saturated carbocycles. The number of halogens is 3. The van der Waals surface area contributed by atoms with Crippen LogP contribution in [0.4, 0.5) is 8.78 Å². The predicted octanol–water partition coefficient (Wildman–Crippen LogP) is 3.47. The Morgan fingerprint density at radius 3 is 2.48 bits per heavy atom. The van der Waals surface area contributed by atoms with E-state index >= 15 is 0 Å². The molecule has 1 aromatic rings. The van der Waals surface area contributed by atoms with Crippen molar-refractivity contribution < 1.29 is 17.2 Å². The van der Waals surface area contributed by atoms with E-state index in [0.29, 0.717) is 12.2 Å². The van der Waals surface area contributed by atoms with Gasteiger partial charge in [0.25, 0.3) is 0 Å². The Morgan fingerprint density at radius 2 is 2.00 bits per heavy atom. The molecule has 1 atom stereocenters. The molecule has 120 valence electrons. The first kappa shape index (κ1) is 18.7. The van der Waals surface area contributed by atoms with E-state index in [1.54, 1.807) is 0 Å². The fourth-order valence-corrected chi connectivity index (χ4v) is 4.55. The van der Waals surface area contributed by atoms with E-state index in [-0.39, 0.29) is 17.5 Å². The van der Waals surface area contributed by atoms with Gasteiger partial charge in [0.15, 0.2) is 11.6 Å². The van der Waals surface area contributed by atoms with Crippen molar-refractivity contribution in [3.8, 4) is 0 Å². The maximum atomic E-state index is 13.9. The van der Waals surface area contributed by atoms with Gasteiger partial charge in [-0.25, -0.2) is 17.2 Å². The van der Waals surface area contributed by atoms with Crippen LogP contribution in [-0.4, -0.2) is 37.8 Å². The van der Waals surface area contributed by atoms with Crippen LogP contribution in [0, 0.1) is 11.6 Å². The summed E-state index contributed by atoms with van der Waals surface area (Å²) >= 11 is 7.09. The fourth-order valence-electron chi connectivity index (χ4n) is 1.91. The van der Waals surface area contributed by atoms with Crippen LogP contribution in [0.5, 0.6) is 0 Å². The highest BCUT2D eigenvalue weighted by atomic mass is 35.5. The Labute approximate surface area is 133 Å². The average Bonchev–Trinajstić information content (AvgIpc) is 2.46. The first-order valence-corrected chi connectivity index (χ1v) is 9.67. The topological polar surface area (TPSA) is 37.4 Å². The molecule has 0 radical (unpaired) electrons. The summed E-state index contributed by atoms with van der Waals surface area (Å²) < 4.78 is 53.6. The number of hydrogen-bond acceptors (Lipinski definition) is 3. The molecule has 0 amide bonds. The Bertz CT molecular complexity index is 596. The SMILES string of the molecule is CCC(CSC)N(C)S(=O)(=O)c1cc(CCl)cc(F)c1F. The van der Waals surface area contributed by atoms with E-state index in [1.165, 1.54) is 18.8 Å². The van der Waals surface area contributed by atoms with Crippen LogP contribution in [-0.2, 0) is 15.9 Å². The molecule has 0 aliphatic heterocycles. The molecular weight excluding hydrogens is 340 g/mol. The van der Waals surface area contributed by atoms with Gasteiger partial charge in [-0.05, 0) is 30.4 Å². The zero-order chi connectivity index (χ0) is 16.2. The molecule has 0 aromatic heterocycles. The Kier molecular flexibility index (Phi) is 6.90. The summed E-state index contributed by atoms with van der Waals surface area (Å²) in [5, 5.41) is 0. The lowest BCUT2D eigenvalue weighted by Crippen LogP contribution is -2.38. The molecule has 8 heteroatoms. The van der Waals surface area contributed by atoms with E-state index in [9.17, 15) is 17.2 Å². The van der Waals surface area contributed by atoms with Gasteiger partial charge in [0, 0.05) is 24.7 Å². The second-order valence-corrected chi connectivity index (χ2v) is 7.71. The van der Waals surface area contributed by atoms with Gasteiger partial charge in [0.05, 0.1) is 0 Å². The summed E-state index contributed by atoms with van der Waals surface area (Å²) in [6.45, 7) is 1.85. The first-order valence-electron chi connectivity index (χ1n) is 6.30. The highest BCUT2D eigenvalue weighted by Crippen LogP contribution is 2.25. The number of alkyl halides is 1. The lowest BCUT2D eigenvalue weighted by Gasteiger charge is -2.26. The zero-order valence-electron chi connectivity index (χ0n) is 12.1. The van der Waals surface area contributed by atoms with Crippen molar-refractivity contribution in [1.29, 1.82) is 0 Å². The van der Waals surface area contributed by atoms with Crippen molar-refractivity contribution in [2.24, 2.45) is 0 Å². The predicted molar refractivity (Wildman–Crippen MR) is 83.3 cm³/mol. The molecule has 1 rings (SSSR count). The van der Waals surface area contributed by atoms with Gasteiger partial charge in [-0.3, -0.25) is 0 Å². The minimum atomic E-state index is -4.11. The molecule has 21 heavy (non-hydrogen) atoms. The maximum absolute atomic E-state index is 13.9. The van der Waals surface area contributed by atoms with Crippen molar-refractivity contribution in [3.05, 3.63) is 29.3 Å². The minimum Gasteiger partial charge on any atom is -0.207 e. The summed E-state index contributed by atoms with van der Waals surface area (Å²) in [5.41, 5.74) is 0.223. The van der Waals surface area contributed by atoms with Crippen molar-refractivity contribution >= 4 is 33.4 Å². The molecule has 0 fully saturated rings. The second-order valence-electron chi connectivity index (χ2n) is 4.56. The molecule has 0 aliphatic carbocycles. The third-order valence-electron chi connectivity index (χ3n) is 3.21. The van der Waals surface area contributed by atoms with Gasteiger partial charge in [0.1, 0.15) is 4.90 Å². The summed E-state index contributed by atoms with van der Waals surface area (Å²) in [5.74, 6) is -2.09. The summed E-state index contributed by atoms with van der Waals surface area (Å²) in [6.07, 6.45) is 2.44. The highest BCUT2D eigenvalue weighted by Gasteiger charge is 2.31. The normalized spacial score (nSPS) is 13.7. The van der Waals surface area contributed by atoms with E-state index in [4.69, 9.17) is 11.6 Å². The number of nitrogens with zero attached hydrogens (tertiary/aromatic N) is 1. The summed E-state index contributed by atoms with van der Waals surface area (Å²) in [4.78, 5) is -0.666. The van der Waals surface area contributed by atoms with E-state index in [2.05, 4.69) is 0 Å². The molecule has 0 spiro atoms. The smallest absolute Gasteiger partial charge is 0.207 e. The Hall–Kier alpha value is -0.370. The van der Waals surface area contributed by atoms with Crippen molar-refractivity contribution in [2.75, 3.05) is 19.1 Å². The Morgan fingerprint density at radius 1 is 1.38 bits per heavy atom. The van der Waals surface area contributed by atoms with Gasteiger partial charge in [-0.1, -0.05) is 6.92 Å². The van der Waals surface area contributed by atoms with Crippen LogP contribution in [0.1, 0.15) is 18.9 Å². The quantitative estimate of drug-likeness (QED) is 0.701. The lowest BCUT2D eigenvalue weighted by atomic mass is 10.2. The molecule has 0 saturated heterocycles. The number of hydrogen-bond donors (Lipinski definition) is 0. The van der Waals surface area contributed by atoms with Crippen LogP contribution >= 0.6 is 23.4 Å². The third-order valence-corrected chi connectivity index (χ3v) is 6.15. The van der Waals surface area contributed by atoms with Crippen molar-refractivity contribution in [3.63, 3.8) is 0 Å². The second kappa shape index (κ2) is 7.76. The van der Waals surface area contributed by atoms with Gasteiger partial charge in [0.2, 0.25) is 10.0 Å². The number of benzene rings is 1. The molecule has 1 unspecified atom stereocenters. The molecule has 0 bridgehead atoms. The third kappa shape index (κ3) is 4.09. The van der Waals surface area contributed by atoms with Gasteiger partial charge in [-0.2, -0.15) is 16.1 Å². The first-order chi connectivity index (χ1) is 9.79. The number of thioether (sulfide) groups is 1. The molecule has 3 nitrogen and oxygen atoms in total. The summed E-state index contributed by atoms with van der Waals surface area (Å²) in [6, 6.07) is 1.70. The maximum Gasteiger partial charge on any atom is 0.246 e. The van der Waals surface area contributed by atoms with Crippen molar-refractivity contribution in [1.82, 2.24) is 4.31 Å². The van der Waals surface area contributed by atoms with Crippen molar-refractivity contribution in [2.45, 2.75) is 30.2 Å². The zero-order valence-corrected chi connectivity index (χ0v) is 14.5.